The molecule has 0 saturated heterocycles. The van der Waals surface area contributed by atoms with E-state index in [1.165, 1.54) is 17.4 Å². The summed E-state index contributed by atoms with van der Waals surface area (Å²) in [4.78, 5) is 44.0. The van der Waals surface area contributed by atoms with E-state index in [9.17, 15) is 14.4 Å². The first-order valence-electron chi connectivity index (χ1n) is 11.5. The van der Waals surface area contributed by atoms with Gasteiger partial charge in [-0.2, -0.15) is 11.3 Å². The number of nitrogens with zero attached hydrogens (tertiary/aromatic N) is 2. The number of pyridine rings is 1. The maximum atomic E-state index is 13.2. The van der Waals surface area contributed by atoms with E-state index in [1.54, 1.807) is 6.07 Å². The molecule has 0 fully saturated rings. The van der Waals surface area contributed by atoms with Crippen LogP contribution in [0.1, 0.15) is 43.9 Å². The molecular weight excluding hydrogens is 462 g/mol. The number of carbonyl (C=O) groups is 2. The highest BCUT2D eigenvalue weighted by Gasteiger charge is 2.25. The number of thiophene rings is 1. The van der Waals surface area contributed by atoms with Crippen LogP contribution in [0.4, 0.5) is 0 Å². The van der Waals surface area contributed by atoms with Crippen molar-refractivity contribution in [2.45, 2.75) is 39.8 Å². The van der Waals surface area contributed by atoms with Crippen LogP contribution in [0, 0.1) is 13.8 Å². The van der Waals surface area contributed by atoms with Crippen molar-refractivity contribution in [1.29, 1.82) is 0 Å². The molecule has 0 radical (unpaired) electrons. The summed E-state index contributed by atoms with van der Waals surface area (Å²) in [5.74, 6) is -0.151. The van der Waals surface area contributed by atoms with E-state index in [0.717, 1.165) is 33.3 Å². The van der Waals surface area contributed by atoms with Crippen LogP contribution in [-0.4, -0.2) is 28.2 Å². The second-order valence-electron chi connectivity index (χ2n) is 8.85. The van der Waals surface area contributed by atoms with E-state index < -0.39 is 5.63 Å². The van der Waals surface area contributed by atoms with Crippen LogP contribution in [0.3, 0.4) is 0 Å². The largest absolute Gasteiger partial charge is 0.423 e. The lowest BCUT2D eigenvalue weighted by molar-refractivity contribution is -0.131. The number of hydrogen-bond donors (Lipinski definition) is 1. The predicted molar refractivity (Wildman–Crippen MR) is 135 cm³/mol. The Labute approximate surface area is 206 Å². The minimum atomic E-state index is -0.455. The minimum absolute atomic E-state index is 0.0454. The Hall–Kier alpha value is -3.78. The Balaban J connectivity index is 1.33. The molecule has 0 unspecified atom stereocenters. The summed E-state index contributed by atoms with van der Waals surface area (Å²) in [5, 5.41) is 7.48. The van der Waals surface area contributed by atoms with Gasteiger partial charge in [0, 0.05) is 53.9 Å². The third-order valence-electron chi connectivity index (χ3n) is 6.48. The zero-order valence-electron chi connectivity index (χ0n) is 19.6. The van der Waals surface area contributed by atoms with Crippen molar-refractivity contribution in [1.82, 2.24) is 15.2 Å². The Kier molecular flexibility index (Phi) is 6.21. The number of hydrogen-bond acceptors (Lipinski definition) is 6. The molecule has 178 valence electrons. The summed E-state index contributed by atoms with van der Waals surface area (Å²) >= 11 is 1.49. The molecule has 0 atom stereocenters. The first kappa shape index (κ1) is 23.0. The van der Waals surface area contributed by atoms with Crippen molar-refractivity contribution >= 4 is 34.1 Å². The maximum Gasteiger partial charge on any atom is 0.336 e. The number of rotatable bonds is 5. The molecule has 0 bridgehead atoms. The zero-order valence-corrected chi connectivity index (χ0v) is 20.4. The van der Waals surface area contributed by atoms with Crippen LogP contribution >= 0.6 is 11.3 Å². The smallest absolute Gasteiger partial charge is 0.336 e. The lowest BCUT2D eigenvalue weighted by atomic mass is 9.94. The molecule has 1 N–H and O–H groups in total. The van der Waals surface area contributed by atoms with Crippen LogP contribution in [0.2, 0.25) is 0 Å². The lowest BCUT2D eigenvalue weighted by Gasteiger charge is -2.30. The average molecular weight is 488 g/mol. The van der Waals surface area contributed by atoms with Crippen molar-refractivity contribution in [2.24, 2.45) is 0 Å². The highest BCUT2D eigenvalue weighted by molar-refractivity contribution is 7.08. The van der Waals surface area contributed by atoms with E-state index in [-0.39, 0.29) is 18.2 Å². The molecule has 1 aromatic carbocycles. The molecule has 1 aliphatic heterocycles. The zero-order chi connectivity index (χ0) is 24.5. The summed E-state index contributed by atoms with van der Waals surface area (Å²) in [5.41, 5.74) is 6.39. The molecule has 8 heteroatoms. The molecule has 0 aliphatic carbocycles. The first-order valence-corrected chi connectivity index (χ1v) is 12.4. The first-order chi connectivity index (χ1) is 16.9. The number of amides is 2. The van der Waals surface area contributed by atoms with Crippen LogP contribution in [0.15, 0.2) is 56.5 Å². The number of fused-ring (bicyclic) bond motifs is 2. The topological polar surface area (TPSA) is 92.5 Å². The highest BCUT2D eigenvalue weighted by atomic mass is 32.1. The maximum absolute atomic E-state index is 13.2. The van der Waals surface area contributed by atoms with Gasteiger partial charge in [0.1, 0.15) is 5.58 Å². The number of carbonyl (C=O) groups excluding carboxylic acids is 2. The predicted octanol–water partition coefficient (Wildman–Crippen LogP) is 3.92. The number of aromatic nitrogens is 1. The molecule has 4 aromatic rings. The molecule has 1 aliphatic rings. The van der Waals surface area contributed by atoms with Gasteiger partial charge in [0.25, 0.3) is 5.91 Å². The third-order valence-corrected chi connectivity index (χ3v) is 7.17. The summed E-state index contributed by atoms with van der Waals surface area (Å²) in [7, 11) is 0. The third kappa shape index (κ3) is 4.74. The van der Waals surface area contributed by atoms with Crippen molar-refractivity contribution in [2.75, 3.05) is 6.54 Å². The van der Waals surface area contributed by atoms with Crippen LogP contribution in [-0.2, 0) is 30.7 Å². The van der Waals surface area contributed by atoms with Crippen LogP contribution in [0.25, 0.3) is 11.0 Å². The molecular formula is C27H25N3O4S. The number of benzene rings is 1. The van der Waals surface area contributed by atoms with Gasteiger partial charge in [-0.15, -0.1) is 0 Å². The summed E-state index contributed by atoms with van der Waals surface area (Å²) in [6.45, 7) is 5.29. The molecule has 0 saturated carbocycles. The molecule has 2 amide bonds. The SMILES string of the molecule is Cc1ccc2c(CC(=O)N3CCc4c(cnc(C)c4CNC(=O)c4ccsc4)C3)cc(=O)oc2c1. The Morgan fingerprint density at radius 3 is 2.86 bits per heavy atom. The van der Waals surface area contributed by atoms with Gasteiger partial charge in [-0.1, -0.05) is 12.1 Å². The van der Waals surface area contributed by atoms with Gasteiger partial charge in [-0.05, 0) is 65.6 Å². The summed E-state index contributed by atoms with van der Waals surface area (Å²) in [6, 6.07) is 8.86. The van der Waals surface area contributed by atoms with Gasteiger partial charge in [-0.25, -0.2) is 4.79 Å². The lowest BCUT2D eigenvalue weighted by Crippen LogP contribution is -2.38. The molecule has 0 spiro atoms. The van der Waals surface area contributed by atoms with E-state index in [2.05, 4.69) is 10.3 Å². The van der Waals surface area contributed by atoms with Gasteiger partial charge in [0.15, 0.2) is 0 Å². The fraction of sp³-hybridized carbons (Fsp3) is 0.259. The second-order valence-corrected chi connectivity index (χ2v) is 9.63. The van der Waals surface area contributed by atoms with Crippen molar-refractivity contribution in [3.8, 4) is 0 Å². The monoisotopic (exact) mass is 487 g/mol. The standard InChI is InChI=1S/C27H25N3O4S/c1-16-3-4-22-19(11-26(32)34-24(22)9-16)10-25(31)30-7-5-21-20(14-30)12-28-17(2)23(21)13-29-27(33)18-6-8-35-15-18/h3-4,6,8-9,11-12,15H,5,7,10,13-14H2,1-2H3,(H,29,33). The Bertz CT molecular complexity index is 1490. The van der Waals surface area contributed by atoms with Crippen LogP contribution < -0.4 is 10.9 Å². The second kappa shape index (κ2) is 9.46. The van der Waals surface area contributed by atoms with E-state index in [0.29, 0.717) is 42.8 Å². The molecule has 35 heavy (non-hydrogen) atoms. The quantitative estimate of drug-likeness (QED) is 0.431. The summed E-state index contributed by atoms with van der Waals surface area (Å²) < 4.78 is 5.33. The fourth-order valence-electron chi connectivity index (χ4n) is 4.59. The van der Waals surface area contributed by atoms with Gasteiger partial charge in [-0.3, -0.25) is 14.6 Å². The number of nitrogens with one attached hydrogen (secondary N) is 1. The van der Waals surface area contributed by atoms with Gasteiger partial charge < -0.3 is 14.6 Å². The molecule has 5 rings (SSSR count). The minimum Gasteiger partial charge on any atom is -0.423 e. The van der Waals surface area contributed by atoms with Gasteiger partial charge in [0.05, 0.1) is 6.42 Å². The van der Waals surface area contributed by atoms with Crippen LogP contribution in [0.5, 0.6) is 0 Å². The summed E-state index contributed by atoms with van der Waals surface area (Å²) in [6.07, 6.45) is 2.64. The molecule has 4 heterocycles. The average Bonchev–Trinajstić information content (AvgIpc) is 3.38. The van der Waals surface area contributed by atoms with Crippen molar-refractivity contribution in [3.63, 3.8) is 0 Å². The molecule has 7 nitrogen and oxygen atoms in total. The highest BCUT2D eigenvalue weighted by Crippen LogP contribution is 2.26. The Morgan fingerprint density at radius 1 is 1.20 bits per heavy atom. The van der Waals surface area contributed by atoms with E-state index >= 15 is 0 Å². The van der Waals surface area contributed by atoms with Gasteiger partial charge >= 0.3 is 5.63 Å². The normalized spacial score (nSPS) is 13.0. The number of aryl methyl sites for hydroxylation is 2. The molecule has 3 aromatic heterocycles. The van der Waals surface area contributed by atoms with Crippen molar-refractivity contribution < 1.29 is 14.0 Å². The van der Waals surface area contributed by atoms with E-state index in [4.69, 9.17) is 4.42 Å². The fourth-order valence-corrected chi connectivity index (χ4v) is 5.23. The van der Waals surface area contributed by atoms with E-state index in [1.807, 2.05) is 53.9 Å². The van der Waals surface area contributed by atoms with Crippen molar-refractivity contribution in [3.05, 3.63) is 96.8 Å². The van der Waals surface area contributed by atoms with Gasteiger partial charge in [0.2, 0.25) is 5.91 Å². The Morgan fingerprint density at radius 2 is 2.06 bits per heavy atom.